The van der Waals surface area contributed by atoms with E-state index < -0.39 is 0 Å². The standard InChI is InChI=1S/C21H29NO/c23-15-20(12-19(13-20)9-10-19)14-22-18-11-17(21(18)7-4-8-21)16-5-2-1-3-6-16/h1-3,5-6,17-18,22-23H,4,7-15H2. The molecule has 4 fully saturated rings. The van der Waals surface area contributed by atoms with Gasteiger partial charge in [0, 0.05) is 24.6 Å². The number of aliphatic hydroxyl groups is 1. The Bertz CT molecular complexity index is 579. The maximum Gasteiger partial charge on any atom is 0.0500 e. The lowest BCUT2D eigenvalue weighted by atomic mass is 9.45. The van der Waals surface area contributed by atoms with Gasteiger partial charge in [-0.2, -0.15) is 0 Å². The Balaban J connectivity index is 1.24. The lowest BCUT2D eigenvalue weighted by Gasteiger charge is -2.63. The first kappa shape index (κ1) is 14.5. The summed E-state index contributed by atoms with van der Waals surface area (Å²) in [5.41, 5.74) is 2.95. The van der Waals surface area contributed by atoms with Crippen molar-refractivity contribution in [3.05, 3.63) is 35.9 Å². The van der Waals surface area contributed by atoms with Crippen LogP contribution in [0.3, 0.4) is 0 Å². The van der Waals surface area contributed by atoms with Gasteiger partial charge >= 0.3 is 0 Å². The molecule has 1 aromatic carbocycles. The maximum atomic E-state index is 9.89. The van der Waals surface area contributed by atoms with Gasteiger partial charge in [0.15, 0.2) is 0 Å². The molecule has 0 aromatic heterocycles. The molecule has 0 saturated heterocycles. The van der Waals surface area contributed by atoms with E-state index in [1.54, 1.807) is 5.56 Å². The number of nitrogens with one attached hydrogen (secondary N) is 1. The summed E-state index contributed by atoms with van der Waals surface area (Å²) in [6.07, 6.45) is 10.8. The third-order valence-corrected chi connectivity index (χ3v) is 7.86. The fourth-order valence-corrected chi connectivity index (χ4v) is 6.21. The molecule has 4 aliphatic rings. The molecule has 23 heavy (non-hydrogen) atoms. The molecule has 4 saturated carbocycles. The van der Waals surface area contributed by atoms with Crippen molar-refractivity contribution in [2.24, 2.45) is 16.2 Å². The minimum Gasteiger partial charge on any atom is -0.396 e. The molecule has 2 spiro atoms. The molecule has 5 rings (SSSR count). The van der Waals surface area contributed by atoms with E-state index in [1.165, 1.54) is 51.4 Å². The van der Waals surface area contributed by atoms with Crippen LogP contribution in [0.4, 0.5) is 0 Å². The number of benzene rings is 1. The molecule has 0 amide bonds. The summed E-state index contributed by atoms with van der Waals surface area (Å²) in [5, 5.41) is 13.8. The molecule has 2 nitrogen and oxygen atoms in total. The zero-order valence-electron chi connectivity index (χ0n) is 14.1. The van der Waals surface area contributed by atoms with E-state index in [9.17, 15) is 5.11 Å². The highest BCUT2D eigenvalue weighted by Crippen LogP contribution is 2.69. The number of rotatable bonds is 5. The van der Waals surface area contributed by atoms with Crippen molar-refractivity contribution < 1.29 is 5.11 Å². The van der Waals surface area contributed by atoms with E-state index >= 15 is 0 Å². The average molecular weight is 311 g/mol. The lowest BCUT2D eigenvalue weighted by molar-refractivity contribution is -0.0699. The third kappa shape index (κ3) is 2.07. The molecule has 0 aliphatic heterocycles. The molecular formula is C21H29NO. The van der Waals surface area contributed by atoms with Gasteiger partial charge in [0.2, 0.25) is 0 Å². The van der Waals surface area contributed by atoms with E-state index in [4.69, 9.17) is 0 Å². The molecule has 2 heteroatoms. The van der Waals surface area contributed by atoms with E-state index in [1.807, 2.05) is 0 Å². The first-order chi connectivity index (χ1) is 11.2. The van der Waals surface area contributed by atoms with Crippen LogP contribution in [0.2, 0.25) is 0 Å². The van der Waals surface area contributed by atoms with Crippen molar-refractivity contribution in [3.63, 3.8) is 0 Å². The highest BCUT2D eigenvalue weighted by atomic mass is 16.3. The second kappa shape index (κ2) is 4.83. The minimum absolute atomic E-state index is 0.208. The van der Waals surface area contributed by atoms with Crippen LogP contribution >= 0.6 is 0 Å². The van der Waals surface area contributed by atoms with Crippen LogP contribution in [0.15, 0.2) is 30.3 Å². The van der Waals surface area contributed by atoms with Crippen LogP contribution in [-0.2, 0) is 0 Å². The van der Waals surface area contributed by atoms with Crippen molar-refractivity contribution >= 4 is 0 Å². The van der Waals surface area contributed by atoms with Crippen molar-refractivity contribution in [1.82, 2.24) is 5.32 Å². The molecule has 1 aromatic rings. The van der Waals surface area contributed by atoms with Crippen molar-refractivity contribution in [2.75, 3.05) is 13.2 Å². The Morgan fingerprint density at radius 1 is 1.04 bits per heavy atom. The van der Waals surface area contributed by atoms with E-state index in [2.05, 4.69) is 35.6 Å². The van der Waals surface area contributed by atoms with Gasteiger partial charge < -0.3 is 10.4 Å². The van der Waals surface area contributed by atoms with Crippen LogP contribution in [0.1, 0.15) is 62.8 Å². The predicted molar refractivity (Wildman–Crippen MR) is 92.3 cm³/mol. The van der Waals surface area contributed by atoms with Crippen LogP contribution in [0.25, 0.3) is 0 Å². The molecule has 2 atom stereocenters. The fraction of sp³-hybridized carbons (Fsp3) is 0.714. The van der Waals surface area contributed by atoms with Gasteiger partial charge in [-0.15, -0.1) is 0 Å². The van der Waals surface area contributed by atoms with Gasteiger partial charge in [-0.3, -0.25) is 0 Å². The molecule has 0 bridgehead atoms. The monoisotopic (exact) mass is 311 g/mol. The van der Waals surface area contributed by atoms with Crippen molar-refractivity contribution in [2.45, 2.75) is 63.3 Å². The SMILES string of the molecule is OCC1(CNC2CC(c3ccccc3)C23CCC3)CC2(CC2)C1. The van der Waals surface area contributed by atoms with Gasteiger partial charge in [0.25, 0.3) is 0 Å². The van der Waals surface area contributed by atoms with E-state index in [0.29, 0.717) is 23.5 Å². The third-order valence-electron chi connectivity index (χ3n) is 7.86. The first-order valence-electron chi connectivity index (χ1n) is 9.59. The molecule has 124 valence electrons. The predicted octanol–water partition coefficient (Wildman–Crippen LogP) is 3.86. The Hall–Kier alpha value is -0.860. The summed E-state index contributed by atoms with van der Waals surface area (Å²) in [4.78, 5) is 0. The highest BCUT2D eigenvalue weighted by molar-refractivity contribution is 5.30. The van der Waals surface area contributed by atoms with E-state index in [0.717, 1.165) is 12.5 Å². The van der Waals surface area contributed by atoms with Gasteiger partial charge in [-0.05, 0) is 67.3 Å². The second-order valence-electron chi connectivity index (χ2n) is 9.23. The smallest absolute Gasteiger partial charge is 0.0500 e. The van der Waals surface area contributed by atoms with Crippen LogP contribution < -0.4 is 5.32 Å². The van der Waals surface area contributed by atoms with Crippen LogP contribution in [0.5, 0.6) is 0 Å². The highest BCUT2D eigenvalue weighted by Gasteiger charge is 2.62. The van der Waals surface area contributed by atoms with E-state index in [-0.39, 0.29) is 5.41 Å². The Morgan fingerprint density at radius 2 is 1.78 bits per heavy atom. The average Bonchev–Trinajstić information content (AvgIpc) is 3.25. The molecule has 4 aliphatic carbocycles. The molecule has 0 radical (unpaired) electrons. The molecular weight excluding hydrogens is 282 g/mol. The van der Waals surface area contributed by atoms with Crippen molar-refractivity contribution in [1.29, 1.82) is 0 Å². The second-order valence-corrected chi connectivity index (χ2v) is 9.23. The summed E-state index contributed by atoms with van der Waals surface area (Å²) in [6, 6.07) is 11.8. The van der Waals surface area contributed by atoms with Crippen molar-refractivity contribution in [3.8, 4) is 0 Å². The van der Waals surface area contributed by atoms with Crippen LogP contribution in [-0.4, -0.2) is 24.3 Å². The summed E-state index contributed by atoms with van der Waals surface area (Å²) in [6.45, 7) is 1.42. The number of aliphatic hydroxyl groups excluding tert-OH is 1. The van der Waals surface area contributed by atoms with Gasteiger partial charge in [0.1, 0.15) is 0 Å². The number of hydrogen-bond acceptors (Lipinski definition) is 2. The molecule has 2 unspecified atom stereocenters. The summed E-state index contributed by atoms with van der Waals surface area (Å²) < 4.78 is 0. The zero-order valence-corrected chi connectivity index (χ0v) is 14.1. The quantitative estimate of drug-likeness (QED) is 0.865. The topological polar surface area (TPSA) is 32.3 Å². The zero-order chi connectivity index (χ0) is 15.5. The van der Waals surface area contributed by atoms with Gasteiger partial charge in [-0.1, -0.05) is 36.8 Å². The largest absolute Gasteiger partial charge is 0.396 e. The molecule has 0 heterocycles. The summed E-state index contributed by atoms with van der Waals surface area (Å²) in [7, 11) is 0. The fourth-order valence-electron chi connectivity index (χ4n) is 6.21. The maximum absolute atomic E-state index is 9.89. The van der Waals surface area contributed by atoms with Gasteiger partial charge in [0.05, 0.1) is 0 Å². The Kier molecular flexibility index (Phi) is 3.04. The van der Waals surface area contributed by atoms with Gasteiger partial charge in [-0.25, -0.2) is 0 Å². The first-order valence-corrected chi connectivity index (χ1v) is 9.59. The summed E-state index contributed by atoms with van der Waals surface area (Å²) in [5.74, 6) is 0.760. The normalized spacial score (nSPS) is 34.5. The summed E-state index contributed by atoms with van der Waals surface area (Å²) >= 11 is 0. The molecule has 2 N–H and O–H groups in total. The Labute approximate surface area is 139 Å². The lowest BCUT2D eigenvalue weighted by Crippen LogP contribution is -2.64. The number of hydrogen-bond donors (Lipinski definition) is 2. The minimum atomic E-state index is 0.208. The van der Waals surface area contributed by atoms with Crippen LogP contribution in [0, 0.1) is 16.2 Å². The Morgan fingerprint density at radius 3 is 2.35 bits per heavy atom.